The van der Waals surface area contributed by atoms with Gasteiger partial charge in [-0.1, -0.05) is 20.8 Å². The fourth-order valence-corrected chi connectivity index (χ4v) is 2.85. The first-order valence-electron chi connectivity index (χ1n) is 6.98. The second-order valence-electron chi connectivity index (χ2n) is 6.58. The second-order valence-corrected chi connectivity index (χ2v) is 6.58. The summed E-state index contributed by atoms with van der Waals surface area (Å²) in [6.45, 7) is 7.44. The molecule has 0 spiro atoms. The number of hydrogen-bond donors (Lipinski definition) is 0. The minimum Gasteiger partial charge on any atom is -0.344 e. The van der Waals surface area contributed by atoms with Crippen molar-refractivity contribution < 1.29 is 4.79 Å². The number of nitriles is 1. The van der Waals surface area contributed by atoms with Crippen molar-refractivity contribution in [1.82, 2.24) is 4.90 Å². The van der Waals surface area contributed by atoms with Crippen molar-refractivity contribution in [3.63, 3.8) is 0 Å². The van der Waals surface area contributed by atoms with Gasteiger partial charge in [0, 0.05) is 19.5 Å². The van der Waals surface area contributed by atoms with Gasteiger partial charge in [0.15, 0.2) is 0 Å². The van der Waals surface area contributed by atoms with E-state index in [0.29, 0.717) is 18.4 Å². The maximum absolute atomic E-state index is 12.2. The molecule has 0 unspecified atom stereocenters. The van der Waals surface area contributed by atoms with E-state index in [1.165, 1.54) is 0 Å². The van der Waals surface area contributed by atoms with Gasteiger partial charge >= 0.3 is 0 Å². The minimum absolute atomic E-state index is 0.187. The van der Waals surface area contributed by atoms with Crippen LogP contribution < -0.4 is 0 Å². The van der Waals surface area contributed by atoms with Crippen molar-refractivity contribution in [1.29, 1.82) is 5.26 Å². The number of amides is 1. The van der Waals surface area contributed by atoms with E-state index in [2.05, 4.69) is 26.8 Å². The first kappa shape index (κ1) is 15.0. The predicted molar refractivity (Wildman–Crippen MR) is 72.8 cm³/mol. The summed E-state index contributed by atoms with van der Waals surface area (Å²) in [4.78, 5) is 13.9. The summed E-state index contributed by atoms with van der Waals surface area (Å²) in [6, 6.07) is 2.09. The number of carbonyl (C=O) groups excluding carboxylic acids is 1. The molecule has 0 bridgehead atoms. The summed E-state index contributed by atoms with van der Waals surface area (Å²) >= 11 is 0. The number of carbonyl (C=O) groups is 1. The van der Waals surface area contributed by atoms with Crippen molar-refractivity contribution >= 4 is 5.91 Å². The molecule has 0 atom stereocenters. The van der Waals surface area contributed by atoms with Crippen LogP contribution in [0.3, 0.4) is 0 Å². The van der Waals surface area contributed by atoms with E-state index in [1.807, 2.05) is 7.05 Å². The number of rotatable bonds is 3. The lowest BCUT2D eigenvalue weighted by Crippen LogP contribution is -2.37. The third-order valence-corrected chi connectivity index (χ3v) is 4.24. The zero-order chi connectivity index (χ0) is 13.8. The maximum atomic E-state index is 12.2. The molecule has 18 heavy (non-hydrogen) atoms. The van der Waals surface area contributed by atoms with Crippen LogP contribution in [0.4, 0.5) is 0 Å². The second kappa shape index (κ2) is 6.22. The molecular weight excluding hydrogens is 224 g/mol. The monoisotopic (exact) mass is 250 g/mol. The van der Waals surface area contributed by atoms with Gasteiger partial charge in [0.05, 0.1) is 12.5 Å². The highest BCUT2D eigenvalue weighted by molar-refractivity contribution is 5.78. The summed E-state index contributed by atoms with van der Waals surface area (Å²) in [5, 5.41) is 8.54. The molecule has 0 saturated heterocycles. The first-order valence-corrected chi connectivity index (χ1v) is 6.98. The largest absolute Gasteiger partial charge is 0.344 e. The van der Waals surface area contributed by atoms with Crippen LogP contribution in [-0.2, 0) is 4.79 Å². The van der Waals surface area contributed by atoms with Gasteiger partial charge in [0.2, 0.25) is 5.91 Å². The van der Waals surface area contributed by atoms with E-state index in [1.54, 1.807) is 4.90 Å². The Balaban J connectivity index is 2.43. The van der Waals surface area contributed by atoms with E-state index in [0.717, 1.165) is 31.6 Å². The Kier molecular flexibility index (Phi) is 5.19. The van der Waals surface area contributed by atoms with Crippen molar-refractivity contribution in [2.45, 2.75) is 52.9 Å². The number of hydrogen-bond acceptors (Lipinski definition) is 2. The molecule has 1 aliphatic rings. The molecule has 1 rings (SSSR count). The Morgan fingerprint density at radius 1 is 1.28 bits per heavy atom. The van der Waals surface area contributed by atoms with E-state index < -0.39 is 0 Å². The molecule has 0 heterocycles. The Morgan fingerprint density at radius 3 is 2.28 bits per heavy atom. The third-order valence-electron chi connectivity index (χ3n) is 4.24. The van der Waals surface area contributed by atoms with Gasteiger partial charge in [0.1, 0.15) is 0 Å². The average Bonchev–Trinajstić information content (AvgIpc) is 2.34. The molecule has 0 aromatic heterocycles. The van der Waals surface area contributed by atoms with E-state index >= 15 is 0 Å². The molecule has 0 aromatic rings. The van der Waals surface area contributed by atoms with E-state index in [4.69, 9.17) is 5.26 Å². The van der Waals surface area contributed by atoms with E-state index in [-0.39, 0.29) is 11.8 Å². The average molecular weight is 250 g/mol. The molecule has 0 radical (unpaired) electrons. The van der Waals surface area contributed by atoms with Crippen LogP contribution in [0.15, 0.2) is 0 Å². The SMILES string of the molecule is CN(CCC#N)C(=O)C1CCC(C(C)(C)C)CC1. The highest BCUT2D eigenvalue weighted by atomic mass is 16.2. The molecule has 0 N–H and O–H groups in total. The quantitative estimate of drug-likeness (QED) is 0.772. The number of nitrogens with zero attached hydrogens (tertiary/aromatic N) is 2. The molecule has 0 aliphatic heterocycles. The molecule has 0 aromatic carbocycles. The standard InChI is InChI=1S/C15H26N2O/c1-15(2,3)13-8-6-12(7-9-13)14(18)17(4)11-5-10-16/h12-13H,5-9,11H2,1-4H3. The van der Waals surface area contributed by atoms with Crippen LogP contribution >= 0.6 is 0 Å². The van der Waals surface area contributed by atoms with Gasteiger partial charge in [-0.05, 0) is 37.0 Å². The fraction of sp³-hybridized carbons (Fsp3) is 0.867. The predicted octanol–water partition coefficient (Wildman–Crippen LogP) is 3.21. The Bertz CT molecular complexity index is 316. The van der Waals surface area contributed by atoms with Gasteiger partial charge < -0.3 is 4.90 Å². The summed E-state index contributed by atoms with van der Waals surface area (Å²) in [5.41, 5.74) is 0.362. The van der Waals surface area contributed by atoms with Crippen molar-refractivity contribution in [2.75, 3.05) is 13.6 Å². The van der Waals surface area contributed by atoms with E-state index in [9.17, 15) is 4.79 Å². The lowest BCUT2D eigenvalue weighted by molar-refractivity contribution is -0.135. The maximum Gasteiger partial charge on any atom is 0.225 e. The lowest BCUT2D eigenvalue weighted by atomic mass is 9.69. The Morgan fingerprint density at radius 2 is 1.83 bits per heavy atom. The van der Waals surface area contributed by atoms with Crippen LogP contribution in [0.25, 0.3) is 0 Å². The summed E-state index contributed by atoms with van der Waals surface area (Å²) in [5.74, 6) is 1.16. The molecule has 1 aliphatic carbocycles. The highest BCUT2D eigenvalue weighted by Gasteiger charge is 2.33. The molecule has 3 nitrogen and oxygen atoms in total. The highest BCUT2D eigenvalue weighted by Crippen LogP contribution is 2.40. The molecule has 1 fully saturated rings. The van der Waals surface area contributed by atoms with Gasteiger partial charge in [-0.25, -0.2) is 0 Å². The smallest absolute Gasteiger partial charge is 0.225 e. The normalized spacial score (nSPS) is 24.4. The van der Waals surface area contributed by atoms with Crippen LogP contribution in [0.5, 0.6) is 0 Å². The first-order chi connectivity index (χ1) is 8.36. The van der Waals surface area contributed by atoms with Crippen LogP contribution in [0, 0.1) is 28.6 Å². The topological polar surface area (TPSA) is 44.1 Å². The Hall–Kier alpha value is -1.04. The Labute approximate surface area is 111 Å². The van der Waals surface area contributed by atoms with Crippen molar-refractivity contribution in [3.8, 4) is 6.07 Å². The zero-order valence-corrected chi connectivity index (χ0v) is 12.2. The lowest BCUT2D eigenvalue weighted by Gasteiger charge is -2.37. The fourth-order valence-electron chi connectivity index (χ4n) is 2.85. The summed E-state index contributed by atoms with van der Waals surface area (Å²) < 4.78 is 0. The molecule has 1 amide bonds. The molecule has 102 valence electrons. The van der Waals surface area contributed by atoms with Gasteiger partial charge in [-0.3, -0.25) is 4.79 Å². The van der Waals surface area contributed by atoms with Gasteiger partial charge in [-0.2, -0.15) is 5.26 Å². The van der Waals surface area contributed by atoms with Crippen molar-refractivity contribution in [3.05, 3.63) is 0 Å². The van der Waals surface area contributed by atoms with Crippen LogP contribution in [0.1, 0.15) is 52.9 Å². The zero-order valence-electron chi connectivity index (χ0n) is 12.2. The summed E-state index contributed by atoms with van der Waals surface area (Å²) in [6.07, 6.45) is 4.77. The molecular formula is C15H26N2O. The van der Waals surface area contributed by atoms with Gasteiger partial charge in [-0.15, -0.1) is 0 Å². The third kappa shape index (κ3) is 4.01. The van der Waals surface area contributed by atoms with Crippen LogP contribution in [-0.4, -0.2) is 24.4 Å². The van der Waals surface area contributed by atoms with Crippen molar-refractivity contribution in [2.24, 2.45) is 17.3 Å². The van der Waals surface area contributed by atoms with Crippen LogP contribution in [0.2, 0.25) is 0 Å². The molecule has 1 saturated carbocycles. The minimum atomic E-state index is 0.187. The van der Waals surface area contributed by atoms with Gasteiger partial charge in [0.25, 0.3) is 0 Å². The molecule has 3 heteroatoms. The summed E-state index contributed by atoms with van der Waals surface area (Å²) in [7, 11) is 1.82.